The van der Waals surface area contributed by atoms with Gasteiger partial charge in [0, 0.05) is 19.0 Å². The molecule has 0 atom stereocenters. The fourth-order valence-electron chi connectivity index (χ4n) is 2.62. The smallest absolute Gasteiger partial charge is 0.319 e. The molecular formula is C21H25N3O4. The van der Waals surface area contributed by atoms with E-state index in [9.17, 15) is 0 Å². The zero-order chi connectivity index (χ0) is 19.6. The molecule has 0 radical (unpaired) electrons. The number of aromatic nitrogens is 2. The highest BCUT2D eigenvalue weighted by molar-refractivity contribution is 5.89. The van der Waals surface area contributed by atoms with Gasteiger partial charge in [0.05, 0.1) is 32.4 Å². The van der Waals surface area contributed by atoms with Gasteiger partial charge in [0.15, 0.2) is 0 Å². The average Bonchev–Trinajstić information content (AvgIpc) is 2.75. The van der Waals surface area contributed by atoms with Crippen LogP contribution < -0.4 is 14.8 Å². The third-order valence-corrected chi connectivity index (χ3v) is 4.09. The Morgan fingerprint density at radius 1 is 0.857 bits per heavy atom. The highest BCUT2D eigenvalue weighted by atomic mass is 16.5. The lowest BCUT2D eigenvalue weighted by Crippen LogP contribution is -2.12. The van der Waals surface area contributed by atoms with Crippen molar-refractivity contribution in [2.75, 3.05) is 46.0 Å². The second kappa shape index (κ2) is 10.4. The van der Waals surface area contributed by atoms with Crippen molar-refractivity contribution >= 4 is 16.7 Å². The number of anilines is 1. The Morgan fingerprint density at radius 3 is 2.43 bits per heavy atom. The molecule has 7 nitrogen and oxygen atoms in total. The quantitative estimate of drug-likeness (QED) is 0.509. The first-order valence-electron chi connectivity index (χ1n) is 9.13. The lowest BCUT2D eigenvalue weighted by Gasteiger charge is -2.12. The van der Waals surface area contributed by atoms with E-state index in [2.05, 4.69) is 15.3 Å². The minimum Gasteiger partial charge on any atom is -0.497 e. The molecule has 0 spiro atoms. The van der Waals surface area contributed by atoms with Crippen LogP contribution in [0.1, 0.15) is 5.56 Å². The van der Waals surface area contributed by atoms with E-state index in [1.54, 1.807) is 14.2 Å². The Morgan fingerprint density at radius 2 is 1.64 bits per heavy atom. The van der Waals surface area contributed by atoms with Crippen LogP contribution in [0, 0.1) is 0 Å². The van der Waals surface area contributed by atoms with Gasteiger partial charge in [-0.05, 0) is 29.8 Å². The maximum Gasteiger partial charge on any atom is 0.319 e. The topological polar surface area (TPSA) is 74.7 Å². The molecule has 7 heteroatoms. The summed E-state index contributed by atoms with van der Waals surface area (Å²) in [4.78, 5) is 9.01. The summed E-state index contributed by atoms with van der Waals surface area (Å²) >= 11 is 0. The van der Waals surface area contributed by atoms with Crippen LogP contribution in [-0.4, -0.2) is 50.6 Å². The van der Waals surface area contributed by atoms with Crippen LogP contribution in [0.4, 0.5) is 5.82 Å². The van der Waals surface area contributed by atoms with Crippen LogP contribution in [0.15, 0.2) is 48.5 Å². The number of hydrogen-bond acceptors (Lipinski definition) is 7. The van der Waals surface area contributed by atoms with Crippen LogP contribution in [-0.2, 0) is 16.0 Å². The van der Waals surface area contributed by atoms with E-state index in [4.69, 9.17) is 18.9 Å². The van der Waals surface area contributed by atoms with Gasteiger partial charge in [-0.2, -0.15) is 9.97 Å². The van der Waals surface area contributed by atoms with Gasteiger partial charge in [-0.15, -0.1) is 0 Å². The zero-order valence-corrected chi connectivity index (χ0v) is 16.2. The predicted octanol–water partition coefficient (Wildman–Crippen LogP) is 3.29. The molecule has 3 rings (SSSR count). The van der Waals surface area contributed by atoms with Gasteiger partial charge < -0.3 is 24.3 Å². The van der Waals surface area contributed by atoms with Gasteiger partial charge in [0.2, 0.25) is 0 Å². The monoisotopic (exact) mass is 383 g/mol. The molecule has 1 N–H and O–H groups in total. The number of rotatable bonds is 11. The number of nitrogens with one attached hydrogen (secondary N) is 1. The van der Waals surface area contributed by atoms with E-state index in [1.807, 2.05) is 48.5 Å². The summed E-state index contributed by atoms with van der Waals surface area (Å²) in [7, 11) is 3.30. The molecule has 0 aliphatic heterocycles. The Bertz CT molecular complexity index is 871. The molecule has 3 aromatic rings. The van der Waals surface area contributed by atoms with E-state index in [1.165, 1.54) is 0 Å². The molecule has 148 valence electrons. The summed E-state index contributed by atoms with van der Waals surface area (Å²) in [6, 6.07) is 16.1. The third-order valence-electron chi connectivity index (χ3n) is 4.09. The van der Waals surface area contributed by atoms with Gasteiger partial charge in [0.25, 0.3) is 0 Å². The molecule has 1 heterocycles. The molecule has 0 aliphatic rings. The summed E-state index contributed by atoms with van der Waals surface area (Å²) in [5, 5.41) is 4.32. The van der Waals surface area contributed by atoms with Crippen molar-refractivity contribution in [1.82, 2.24) is 9.97 Å². The highest BCUT2D eigenvalue weighted by Gasteiger charge is 2.08. The summed E-state index contributed by atoms with van der Waals surface area (Å²) in [5.41, 5.74) is 1.95. The molecular weight excluding hydrogens is 358 g/mol. The lowest BCUT2D eigenvalue weighted by molar-refractivity contribution is 0.0529. The molecule has 0 fully saturated rings. The fraction of sp³-hybridized carbons (Fsp3) is 0.333. The predicted molar refractivity (Wildman–Crippen MR) is 108 cm³/mol. The normalized spacial score (nSPS) is 10.8. The average molecular weight is 383 g/mol. The van der Waals surface area contributed by atoms with Gasteiger partial charge >= 0.3 is 6.01 Å². The Balaban J connectivity index is 1.67. The largest absolute Gasteiger partial charge is 0.497 e. The summed E-state index contributed by atoms with van der Waals surface area (Å²) in [6.45, 7) is 2.55. The molecule has 0 saturated carbocycles. The molecule has 0 saturated heterocycles. The summed E-state index contributed by atoms with van der Waals surface area (Å²) in [5.74, 6) is 1.57. The van der Waals surface area contributed by atoms with Crippen LogP contribution in [0.3, 0.4) is 0 Å². The number of hydrogen-bond donors (Lipinski definition) is 1. The SMILES string of the molecule is COCCOCCOc1nc(NCc2ccc(OC)cc2)c2ccccc2n1. The minimum absolute atomic E-state index is 0.325. The van der Waals surface area contributed by atoms with E-state index >= 15 is 0 Å². The summed E-state index contributed by atoms with van der Waals surface area (Å²) < 4.78 is 21.2. The Kier molecular flexibility index (Phi) is 7.40. The maximum atomic E-state index is 5.67. The second-order valence-electron chi connectivity index (χ2n) is 6.03. The molecule has 0 unspecified atom stereocenters. The number of ether oxygens (including phenoxy) is 4. The number of nitrogens with zero attached hydrogens (tertiary/aromatic N) is 2. The van der Waals surface area contributed by atoms with Crippen molar-refractivity contribution in [3.05, 3.63) is 54.1 Å². The molecule has 28 heavy (non-hydrogen) atoms. The van der Waals surface area contributed by atoms with E-state index in [-0.39, 0.29) is 0 Å². The van der Waals surface area contributed by atoms with Crippen molar-refractivity contribution in [3.63, 3.8) is 0 Å². The second-order valence-corrected chi connectivity index (χ2v) is 6.03. The maximum absolute atomic E-state index is 5.67. The number of para-hydroxylation sites is 1. The van der Waals surface area contributed by atoms with Crippen molar-refractivity contribution in [2.45, 2.75) is 6.54 Å². The van der Waals surface area contributed by atoms with Crippen molar-refractivity contribution < 1.29 is 18.9 Å². The van der Waals surface area contributed by atoms with Gasteiger partial charge in [0.1, 0.15) is 18.2 Å². The van der Waals surface area contributed by atoms with E-state index in [0.29, 0.717) is 39.0 Å². The molecule has 0 bridgehead atoms. The zero-order valence-electron chi connectivity index (χ0n) is 16.2. The first-order chi connectivity index (χ1) is 13.8. The lowest BCUT2D eigenvalue weighted by atomic mass is 10.2. The van der Waals surface area contributed by atoms with Crippen LogP contribution >= 0.6 is 0 Å². The van der Waals surface area contributed by atoms with E-state index in [0.717, 1.165) is 28.0 Å². The van der Waals surface area contributed by atoms with Crippen molar-refractivity contribution in [1.29, 1.82) is 0 Å². The number of benzene rings is 2. The van der Waals surface area contributed by atoms with E-state index < -0.39 is 0 Å². The van der Waals surface area contributed by atoms with Crippen molar-refractivity contribution in [2.24, 2.45) is 0 Å². The molecule has 2 aromatic carbocycles. The Labute approximate surface area is 164 Å². The van der Waals surface area contributed by atoms with Gasteiger partial charge in [-0.25, -0.2) is 0 Å². The fourth-order valence-corrected chi connectivity index (χ4v) is 2.62. The van der Waals surface area contributed by atoms with Crippen LogP contribution in [0.25, 0.3) is 10.9 Å². The molecule has 0 aliphatic carbocycles. The van der Waals surface area contributed by atoms with Crippen LogP contribution in [0.2, 0.25) is 0 Å². The van der Waals surface area contributed by atoms with Gasteiger partial charge in [-0.1, -0.05) is 24.3 Å². The first-order valence-corrected chi connectivity index (χ1v) is 9.13. The third kappa shape index (κ3) is 5.55. The first kappa shape index (κ1) is 19.9. The number of methoxy groups -OCH3 is 2. The summed E-state index contributed by atoms with van der Waals surface area (Å²) in [6.07, 6.45) is 0. The van der Waals surface area contributed by atoms with Crippen LogP contribution in [0.5, 0.6) is 11.8 Å². The Hall–Kier alpha value is -2.90. The number of fused-ring (bicyclic) bond motifs is 1. The highest BCUT2D eigenvalue weighted by Crippen LogP contribution is 2.23. The standard InChI is InChI=1S/C21H25N3O4/c1-25-11-12-27-13-14-28-21-23-19-6-4-3-5-18(19)20(24-21)22-15-16-7-9-17(26-2)10-8-16/h3-10H,11-15H2,1-2H3,(H,22,23,24). The minimum atomic E-state index is 0.325. The van der Waals surface area contributed by atoms with Crippen molar-refractivity contribution in [3.8, 4) is 11.8 Å². The molecule has 1 aromatic heterocycles. The van der Waals surface area contributed by atoms with Gasteiger partial charge in [-0.3, -0.25) is 0 Å². The molecule has 0 amide bonds.